The number of nitrogens with one attached hydrogen (secondary N) is 1. The van der Waals surface area contributed by atoms with Crippen LogP contribution in [0.1, 0.15) is 5.56 Å². The fourth-order valence-corrected chi connectivity index (χ4v) is 1.46. The molecular weight excluding hydrogens is 219 g/mol. The van der Waals surface area contributed by atoms with Crippen molar-refractivity contribution in [1.82, 2.24) is 10.3 Å². The van der Waals surface area contributed by atoms with Crippen molar-refractivity contribution in [3.8, 4) is 11.6 Å². The second-order valence-corrected chi connectivity index (χ2v) is 3.55. The molecule has 0 amide bonds. The standard InChI is InChI=1S/C13H13FN2O/c1-15-9-10-3-2-8-16-13(10)17-12-6-4-11(14)5-7-12/h2-8,15H,9H2,1H3. The van der Waals surface area contributed by atoms with E-state index in [0.717, 1.165) is 5.56 Å². The molecule has 1 aromatic heterocycles. The molecule has 1 heterocycles. The molecule has 17 heavy (non-hydrogen) atoms. The van der Waals surface area contributed by atoms with E-state index in [1.54, 1.807) is 18.3 Å². The molecule has 0 unspecified atom stereocenters. The van der Waals surface area contributed by atoms with Gasteiger partial charge in [0, 0.05) is 18.3 Å². The third-order valence-electron chi connectivity index (χ3n) is 2.25. The minimum absolute atomic E-state index is 0.284. The first-order valence-corrected chi connectivity index (χ1v) is 5.31. The van der Waals surface area contributed by atoms with Gasteiger partial charge in [0.05, 0.1) is 0 Å². The smallest absolute Gasteiger partial charge is 0.223 e. The quantitative estimate of drug-likeness (QED) is 0.880. The molecule has 88 valence electrons. The third kappa shape index (κ3) is 3.01. The van der Waals surface area contributed by atoms with E-state index >= 15 is 0 Å². The summed E-state index contributed by atoms with van der Waals surface area (Å²) in [5.41, 5.74) is 0.958. The first kappa shape index (κ1) is 11.5. The molecule has 1 N–H and O–H groups in total. The van der Waals surface area contributed by atoms with Gasteiger partial charge in [-0.15, -0.1) is 0 Å². The molecule has 0 saturated carbocycles. The number of nitrogens with zero attached hydrogens (tertiary/aromatic N) is 1. The molecule has 0 aliphatic rings. The van der Waals surface area contributed by atoms with Crippen molar-refractivity contribution < 1.29 is 9.13 Å². The fraction of sp³-hybridized carbons (Fsp3) is 0.154. The second kappa shape index (κ2) is 5.41. The highest BCUT2D eigenvalue weighted by Crippen LogP contribution is 2.22. The maximum Gasteiger partial charge on any atom is 0.223 e. The Morgan fingerprint density at radius 1 is 1.24 bits per heavy atom. The van der Waals surface area contributed by atoms with Gasteiger partial charge in [-0.05, 0) is 37.4 Å². The zero-order valence-electron chi connectivity index (χ0n) is 9.48. The molecule has 2 rings (SSSR count). The summed E-state index contributed by atoms with van der Waals surface area (Å²) in [4.78, 5) is 4.16. The molecule has 0 fully saturated rings. The molecule has 0 radical (unpaired) electrons. The van der Waals surface area contributed by atoms with E-state index in [1.807, 2.05) is 19.2 Å². The van der Waals surface area contributed by atoms with Gasteiger partial charge in [0.1, 0.15) is 11.6 Å². The minimum Gasteiger partial charge on any atom is -0.439 e. The Labute approximate surface area is 99.3 Å². The maximum absolute atomic E-state index is 12.7. The van der Waals surface area contributed by atoms with E-state index in [4.69, 9.17) is 4.74 Å². The Morgan fingerprint density at radius 3 is 2.71 bits per heavy atom. The summed E-state index contributed by atoms with van der Waals surface area (Å²) < 4.78 is 18.3. The summed E-state index contributed by atoms with van der Waals surface area (Å²) in [7, 11) is 1.86. The summed E-state index contributed by atoms with van der Waals surface area (Å²) in [6.45, 7) is 0.671. The lowest BCUT2D eigenvalue weighted by atomic mass is 10.2. The minimum atomic E-state index is -0.284. The van der Waals surface area contributed by atoms with E-state index in [-0.39, 0.29) is 5.82 Å². The van der Waals surface area contributed by atoms with E-state index < -0.39 is 0 Å². The zero-order valence-corrected chi connectivity index (χ0v) is 9.48. The zero-order chi connectivity index (χ0) is 12.1. The molecule has 0 aliphatic heterocycles. The summed E-state index contributed by atoms with van der Waals surface area (Å²) in [6, 6.07) is 9.65. The number of halogens is 1. The monoisotopic (exact) mass is 232 g/mol. The van der Waals surface area contributed by atoms with Crippen LogP contribution in [0.5, 0.6) is 11.6 Å². The molecule has 0 saturated heterocycles. The van der Waals surface area contributed by atoms with E-state index in [2.05, 4.69) is 10.3 Å². The lowest BCUT2D eigenvalue weighted by molar-refractivity contribution is 0.453. The molecule has 3 nitrogen and oxygen atoms in total. The van der Waals surface area contributed by atoms with E-state index in [1.165, 1.54) is 12.1 Å². The van der Waals surface area contributed by atoms with Crippen LogP contribution in [0.25, 0.3) is 0 Å². The predicted molar refractivity (Wildman–Crippen MR) is 63.5 cm³/mol. The summed E-state index contributed by atoms with van der Waals surface area (Å²) >= 11 is 0. The van der Waals surface area contributed by atoms with Crippen molar-refractivity contribution in [3.63, 3.8) is 0 Å². The highest BCUT2D eigenvalue weighted by molar-refractivity contribution is 5.32. The fourth-order valence-electron chi connectivity index (χ4n) is 1.46. The largest absolute Gasteiger partial charge is 0.439 e. The van der Waals surface area contributed by atoms with Gasteiger partial charge in [-0.1, -0.05) is 6.07 Å². The number of benzene rings is 1. The van der Waals surface area contributed by atoms with Crippen molar-refractivity contribution in [1.29, 1.82) is 0 Å². The summed E-state index contributed by atoms with van der Waals surface area (Å²) in [5.74, 6) is 0.824. The molecule has 0 bridgehead atoms. The molecule has 4 heteroatoms. The van der Waals surface area contributed by atoms with Gasteiger partial charge < -0.3 is 10.1 Å². The average Bonchev–Trinajstić information content (AvgIpc) is 2.35. The number of rotatable bonds is 4. The predicted octanol–water partition coefficient (Wildman–Crippen LogP) is 2.73. The van der Waals surface area contributed by atoms with Gasteiger partial charge in [0.25, 0.3) is 0 Å². The Bertz CT molecular complexity index is 485. The van der Waals surface area contributed by atoms with Crippen molar-refractivity contribution in [3.05, 3.63) is 54.0 Å². The average molecular weight is 232 g/mol. The molecule has 0 spiro atoms. The van der Waals surface area contributed by atoms with Crippen LogP contribution in [0.2, 0.25) is 0 Å². The van der Waals surface area contributed by atoms with Gasteiger partial charge >= 0.3 is 0 Å². The van der Waals surface area contributed by atoms with Gasteiger partial charge in [-0.25, -0.2) is 9.37 Å². The molecule has 0 atom stereocenters. The van der Waals surface area contributed by atoms with Crippen LogP contribution in [0, 0.1) is 5.82 Å². The highest BCUT2D eigenvalue weighted by atomic mass is 19.1. The Kier molecular flexibility index (Phi) is 3.67. The van der Waals surface area contributed by atoms with Crippen LogP contribution >= 0.6 is 0 Å². The van der Waals surface area contributed by atoms with Gasteiger partial charge in [-0.2, -0.15) is 0 Å². The molecule has 1 aromatic carbocycles. The van der Waals surface area contributed by atoms with Crippen molar-refractivity contribution >= 4 is 0 Å². The Hall–Kier alpha value is -1.94. The first-order chi connectivity index (χ1) is 8.29. The van der Waals surface area contributed by atoms with Crippen molar-refractivity contribution in [2.45, 2.75) is 6.54 Å². The Balaban J connectivity index is 2.20. The van der Waals surface area contributed by atoms with E-state index in [9.17, 15) is 4.39 Å². The molecular formula is C13H13FN2O. The number of ether oxygens (including phenoxy) is 1. The number of pyridine rings is 1. The topological polar surface area (TPSA) is 34.2 Å². The van der Waals surface area contributed by atoms with Crippen LogP contribution in [-0.4, -0.2) is 12.0 Å². The maximum atomic E-state index is 12.7. The molecule has 2 aromatic rings. The lowest BCUT2D eigenvalue weighted by Crippen LogP contribution is -2.07. The third-order valence-corrected chi connectivity index (χ3v) is 2.25. The number of aromatic nitrogens is 1. The lowest BCUT2D eigenvalue weighted by Gasteiger charge is -2.09. The normalized spacial score (nSPS) is 10.2. The van der Waals surface area contributed by atoms with Gasteiger partial charge in [-0.3, -0.25) is 0 Å². The number of hydrogen-bond donors (Lipinski definition) is 1. The van der Waals surface area contributed by atoms with Crippen molar-refractivity contribution in [2.24, 2.45) is 0 Å². The van der Waals surface area contributed by atoms with Crippen LogP contribution in [0.3, 0.4) is 0 Å². The second-order valence-electron chi connectivity index (χ2n) is 3.55. The van der Waals surface area contributed by atoms with Crippen LogP contribution in [-0.2, 0) is 6.54 Å². The Morgan fingerprint density at radius 2 is 2.00 bits per heavy atom. The van der Waals surface area contributed by atoms with Gasteiger partial charge in [0.2, 0.25) is 5.88 Å². The summed E-state index contributed by atoms with van der Waals surface area (Å²) in [6.07, 6.45) is 1.66. The van der Waals surface area contributed by atoms with Crippen LogP contribution in [0.4, 0.5) is 4.39 Å². The number of hydrogen-bond acceptors (Lipinski definition) is 3. The summed E-state index contributed by atoms with van der Waals surface area (Å²) in [5, 5.41) is 3.04. The van der Waals surface area contributed by atoms with Crippen molar-refractivity contribution in [2.75, 3.05) is 7.05 Å². The van der Waals surface area contributed by atoms with Crippen LogP contribution in [0.15, 0.2) is 42.6 Å². The van der Waals surface area contributed by atoms with Gasteiger partial charge in [0.15, 0.2) is 0 Å². The van der Waals surface area contributed by atoms with E-state index in [0.29, 0.717) is 18.2 Å². The highest BCUT2D eigenvalue weighted by Gasteiger charge is 2.05. The SMILES string of the molecule is CNCc1cccnc1Oc1ccc(F)cc1. The van der Waals surface area contributed by atoms with Crippen LogP contribution < -0.4 is 10.1 Å². The molecule has 0 aliphatic carbocycles. The first-order valence-electron chi connectivity index (χ1n) is 5.31.